The van der Waals surface area contributed by atoms with Crippen LogP contribution in [-0.4, -0.2) is 50.6 Å². The first-order chi connectivity index (χ1) is 8.91. The van der Waals surface area contributed by atoms with E-state index in [4.69, 9.17) is 9.84 Å². The predicted octanol–water partition coefficient (Wildman–Crippen LogP) is 1.03. The van der Waals surface area contributed by atoms with Crippen LogP contribution in [0.4, 0.5) is 0 Å². The fraction of sp³-hybridized carbons (Fsp3) is 0.545. The normalized spacial score (nSPS) is 11.9. The average Bonchev–Trinajstić information content (AvgIpc) is 2.78. The highest BCUT2D eigenvalue weighted by Crippen LogP contribution is 2.25. The van der Waals surface area contributed by atoms with Gasteiger partial charge in [-0.05, 0) is 12.1 Å². The second-order valence-electron chi connectivity index (χ2n) is 3.78. The van der Waals surface area contributed by atoms with E-state index in [1.807, 2.05) is 0 Å². The third kappa shape index (κ3) is 4.27. The second-order valence-corrected chi connectivity index (χ2v) is 7.11. The summed E-state index contributed by atoms with van der Waals surface area (Å²) in [5, 5.41) is 8.68. The first kappa shape index (κ1) is 16.1. The number of sulfonamides is 1. The van der Waals surface area contributed by atoms with Gasteiger partial charge in [-0.2, -0.15) is 4.31 Å². The summed E-state index contributed by atoms with van der Waals surface area (Å²) in [5.74, 6) is -0.975. The van der Waals surface area contributed by atoms with Gasteiger partial charge >= 0.3 is 5.97 Å². The number of rotatable bonds is 8. The van der Waals surface area contributed by atoms with E-state index in [0.29, 0.717) is 18.0 Å². The molecule has 0 saturated heterocycles. The number of carboxylic acids is 1. The Balaban J connectivity index is 2.91. The zero-order valence-corrected chi connectivity index (χ0v) is 12.5. The molecule has 0 saturated carbocycles. The van der Waals surface area contributed by atoms with Gasteiger partial charge in [-0.3, -0.25) is 4.79 Å². The molecule has 0 aliphatic rings. The van der Waals surface area contributed by atoms with Crippen molar-refractivity contribution < 1.29 is 23.1 Å². The standard InChI is InChI=1S/C11H17NO5S2/c1-3-12(6-7-17-2)19(15,16)11-5-4-9(18-11)8-10(13)14/h4-5H,3,6-8H2,1-2H3,(H,13,14). The monoisotopic (exact) mass is 307 g/mol. The molecule has 1 heterocycles. The summed E-state index contributed by atoms with van der Waals surface area (Å²) in [6.07, 6.45) is -0.162. The summed E-state index contributed by atoms with van der Waals surface area (Å²) < 4.78 is 31.0. The Hall–Kier alpha value is -0.960. The number of methoxy groups -OCH3 is 1. The van der Waals surface area contributed by atoms with Crippen LogP contribution < -0.4 is 0 Å². The van der Waals surface area contributed by atoms with E-state index in [0.717, 1.165) is 11.3 Å². The van der Waals surface area contributed by atoms with Crippen LogP contribution in [-0.2, 0) is 26.0 Å². The summed E-state index contributed by atoms with van der Waals surface area (Å²) in [6.45, 7) is 2.69. The van der Waals surface area contributed by atoms with Gasteiger partial charge in [-0.25, -0.2) is 8.42 Å². The van der Waals surface area contributed by atoms with Crippen LogP contribution in [0.3, 0.4) is 0 Å². The Morgan fingerprint density at radius 3 is 2.68 bits per heavy atom. The lowest BCUT2D eigenvalue weighted by Crippen LogP contribution is -2.33. The van der Waals surface area contributed by atoms with E-state index < -0.39 is 16.0 Å². The molecule has 0 fully saturated rings. The Kier molecular flexibility index (Phi) is 5.92. The second kappa shape index (κ2) is 6.99. The van der Waals surface area contributed by atoms with Gasteiger partial charge in [0.05, 0.1) is 13.0 Å². The van der Waals surface area contributed by atoms with Crippen LogP contribution in [0.2, 0.25) is 0 Å². The number of thiophene rings is 1. The molecule has 0 aliphatic heterocycles. The van der Waals surface area contributed by atoms with Gasteiger partial charge in [0.15, 0.2) is 0 Å². The molecule has 6 nitrogen and oxygen atoms in total. The molecule has 1 N–H and O–H groups in total. The molecule has 0 aliphatic carbocycles. The lowest BCUT2D eigenvalue weighted by molar-refractivity contribution is -0.136. The zero-order valence-electron chi connectivity index (χ0n) is 10.8. The van der Waals surface area contributed by atoms with Crippen LogP contribution in [0.15, 0.2) is 16.3 Å². The summed E-state index contributed by atoms with van der Waals surface area (Å²) in [4.78, 5) is 11.1. The highest BCUT2D eigenvalue weighted by Gasteiger charge is 2.24. The molecule has 8 heteroatoms. The fourth-order valence-corrected chi connectivity index (χ4v) is 4.44. The Morgan fingerprint density at radius 1 is 1.47 bits per heavy atom. The van der Waals surface area contributed by atoms with Crippen LogP contribution in [0, 0.1) is 0 Å². The molecule has 0 aromatic carbocycles. The zero-order chi connectivity index (χ0) is 14.5. The van der Waals surface area contributed by atoms with E-state index in [9.17, 15) is 13.2 Å². The van der Waals surface area contributed by atoms with Gasteiger partial charge in [-0.15, -0.1) is 11.3 Å². The number of carbonyl (C=O) groups is 1. The van der Waals surface area contributed by atoms with Gasteiger partial charge in [-0.1, -0.05) is 6.92 Å². The van der Waals surface area contributed by atoms with Crippen molar-refractivity contribution in [2.75, 3.05) is 26.8 Å². The molecule has 0 spiro atoms. The van der Waals surface area contributed by atoms with Crippen molar-refractivity contribution in [3.63, 3.8) is 0 Å². The summed E-state index contributed by atoms with van der Waals surface area (Å²) in [7, 11) is -2.05. The van der Waals surface area contributed by atoms with Crippen molar-refractivity contribution in [3.05, 3.63) is 17.0 Å². The van der Waals surface area contributed by atoms with Crippen molar-refractivity contribution in [2.45, 2.75) is 17.6 Å². The first-order valence-corrected chi connectivity index (χ1v) is 7.97. The minimum Gasteiger partial charge on any atom is -0.481 e. The molecule has 19 heavy (non-hydrogen) atoms. The Bertz CT molecular complexity index is 523. The molecule has 0 unspecified atom stereocenters. The SMILES string of the molecule is CCN(CCOC)S(=O)(=O)c1ccc(CC(=O)O)s1. The first-order valence-electron chi connectivity index (χ1n) is 5.71. The Labute approximate surface area is 116 Å². The van der Waals surface area contributed by atoms with E-state index in [-0.39, 0.29) is 17.2 Å². The topological polar surface area (TPSA) is 83.9 Å². The molecule has 0 atom stereocenters. The summed E-state index contributed by atoms with van der Waals surface area (Å²) in [5.41, 5.74) is 0. The molecular weight excluding hydrogens is 290 g/mol. The molecule has 1 rings (SSSR count). The predicted molar refractivity (Wildman–Crippen MR) is 72.0 cm³/mol. The van der Waals surface area contributed by atoms with E-state index in [1.165, 1.54) is 23.5 Å². The maximum Gasteiger partial charge on any atom is 0.308 e. The van der Waals surface area contributed by atoms with Crippen molar-refractivity contribution in [1.29, 1.82) is 0 Å². The summed E-state index contributed by atoms with van der Waals surface area (Å²) >= 11 is 0.994. The van der Waals surface area contributed by atoms with Gasteiger partial charge in [0.25, 0.3) is 10.0 Å². The minimum absolute atomic E-state index is 0.162. The largest absolute Gasteiger partial charge is 0.481 e. The van der Waals surface area contributed by atoms with E-state index in [2.05, 4.69) is 0 Å². The fourth-order valence-electron chi connectivity index (χ4n) is 1.51. The third-order valence-corrected chi connectivity index (χ3v) is 5.98. The molecule has 1 aromatic heterocycles. The lowest BCUT2D eigenvalue weighted by Gasteiger charge is -2.18. The molecule has 0 bridgehead atoms. The number of ether oxygens (including phenoxy) is 1. The number of hydrogen-bond acceptors (Lipinski definition) is 5. The summed E-state index contributed by atoms with van der Waals surface area (Å²) in [6, 6.07) is 2.99. The molecule has 0 radical (unpaired) electrons. The number of nitrogens with zero attached hydrogens (tertiary/aromatic N) is 1. The quantitative estimate of drug-likeness (QED) is 0.775. The maximum atomic E-state index is 12.3. The van der Waals surface area contributed by atoms with Crippen LogP contribution in [0.25, 0.3) is 0 Å². The minimum atomic E-state index is -3.56. The van der Waals surface area contributed by atoms with Crippen LogP contribution in [0.5, 0.6) is 0 Å². The lowest BCUT2D eigenvalue weighted by atomic mass is 10.3. The van der Waals surface area contributed by atoms with Crippen LogP contribution >= 0.6 is 11.3 Å². The number of likely N-dealkylation sites (N-methyl/N-ethyl adjacent to an activating group) is 1. The highest BCUT2D eigenvalue weighted by molar-refractivity contribution is 7.91. The average molecular weight is 307 g/mol. The molecular formula is C11H17NO5S2. The molecule has 0 amide bonds. The van der Waals surface area contributed by atoms with Crippen molar-refractivity contribution in [2.24, 2.45) is 0 Å². The van der Waals surface area contributed by atoms with E-state index >= 15 is 0 Å². The molecule has 1 aromatic rings. The van der Waals surface area contributed by atoms with Crippen molar-refractivity contribution >= 4 is 27.3 Å². The van der Waals surface area contributed by atoms with Gasteiger partial charge in [0.1, 0.15) is 4.21 Å². The Morgan fingerprint density at radius 2 is 2.16 bits per heavy atom. The molecule has 108 valence electrons. The number of carboxylic acid groups (broad SMARTS) is 1. The van der Waals surface area contributed by atoms with Gasteiger partial charge in [0, 0.05) is 25.1 Å². The van der Waals surface area contributed by atoms with Crippen LogP contribution in [0.1, 0.15) is 11.8 Å². The van der Waals surface area contributed by atoms with Crippen molar-refractivity contribution in [1.82, 2.24) is 4.31 Å². The van der Waals surface area contributed by atoms with Gasteiger partial charge in [0.2, 0.25) is 0 Å². The highest BCUT2D eigenvalue weighted by atomic mass is 32.2. The van der Waals surface area contributed by atoms with Crippen molar-refractivity contribution in [3.8, 4) is 0 Å². The third-order valence-electron chi connectivity index (χ3n) is 2.45. The van der Waals surface area contributed by atoms with Gasteiger partial charge < -0.3 is 9.84 Å². The number of hydrogen-bond donors (Lipinski definition) is 1. The smallest absolute Gasteiger partial charge is 0.308 e. The maximum absolute atomic E-state index is 12.3. The van der Waals surface area contributed by atoms with E-state index in [1.54, 1.807) is 6.92 Å². The number of aliphatic carboxylic acids is 1.